The van der Waals surface area contributed by atoms with E-state index in [1.54, 1.807) is 0 Å². The van der Waals surface area contributed by atoms with E-state index in [-0.39, 0.29) is 33.8 Å². The van der Waals surface area contributed by atoms with Crippen molar-refractivity contribution >= 4 is 11.0 Å². The van der Waals surface area contributed by atoms with Crippen LogP contribution in [0.2, 0.25) is 0 Å². The quantitative estimate of drug-likeness (QED) is 0.0753. The molecular formula is C32H39O20+. The van der Waals surface area contributed by atoms with Gasteiger partial charge in [-0.05, 0) is 12.1 Å². The van der Waals surface area contributed by atoms with Crippen molar-refractivity contribution in [2.45, 2.75) is 86.0 Å². The van der Waals surface area contributed by atoms with E-state index >= 15 is 0 Å². The first-order chi connectivity index (χ1) is 24.7. The molecule has 3 aliphatic rings. The Morgan fingerprint density at radius 3 is 2.08 bits per heavy atom. The maximum absolute atomic E-state index is 11.4. The lowest BCUT2D eigenvalue weighted by molar-refractivity contribution is -0.353. The van der Waals surface area contributed by atoms with Crippen LogP contribution in [0.15, 0.2) is 40.8 Å². The molecule has 4 heterocycles. The molecule has 0 aliphatic carbocycles. The predicted octanol–water partition coefficient (Wildman–Crippen LogP) is -3.33. The fraction of sp³-hybridized carbons (Fsp3) is 0.531. The lowest BCUT2D eigenvalue weighted by Gasteiger charge is -2.45. The number of aromatic hydroxyl groups is 4. The van der Waals surface area contributed by atoms with Crippen LogP contribution in [0, 0.1) is 0 Å². The third-order valence-electron chi connectivity index (χ3n) is 8.96. The summed E-state index contributed by atoms with van der Waals surface area (Å²) >= 11 is 0. The molecule has 2 aromatic carbocycles. The number of ether oxygens (including phenoxy) is 6. The number of fused-ring (bicyclic) bond motifs is 1. The minimum absolute atomic E-state index is 0.0148. The third kappa shape index (κ3) is 7.40. The zero-order valence-electron chi connectivity index (χ0n) is 26.8. The summed E-state index contributed by atoms with van der Waals surface area (Å²) in [7, 11) is 0. The minimum atomic E-state index is -1.97. The SMILES string of the molecule is OCC1O[C@@H](OCC2O[C@@H](Oc3cc4c(O)cc(O)cc4[o+]c3-c3ccc(O)c(O)c3)C(O[C@@H]3OC[C@@H](O)C(O)[C@H]3O)C(O)[C@H]2O)C(O)[C@@H](O)[C@@H]1O. The fourth-order valence-electron chi connectivity index (χ4n) is 5.99. The second kappa shape index (κ2) is 15.3. The Hall–Kier alpha value is -3.71. The van der Waals surface area contributed by atoms with Gasteiger partial charge < -0.3 is 94.8 Å². The Bertz CT molecular complexity index is 1710. The highest BCUT2D eigenvalue weighted by atomic mass is 16.8. The molecule has 0 radical (unpaired) electrons. The van der Waals surface area contributed by atoms with E-state index in [4.69, 9.17) is 32.8 Å². The summed E-state index contributed by atoms with van der Waals surface area (Å²) < 4.78 is 40.0. The standard InChI is InChI=1S/C32H38O20/c33-7-19-22(40)24(42)27(45)30(50-19)47-9-20-23(41)25(43)29(52-31-26(44)21(39)16(38)8-46-31)32(51-20)49-18-6-12-14(36)4-11(34)5-17(12)48-28(18)10-1-2-13(35)15(37)3-10/h1-6,16,19-27,29-33,38-45H,7-9H2,(H3-,34,35,36,37)/p+1/t16-,19?,20?,21?,22-,23+,24+,25?,26-,27?,29?,30-,31+,32-/m1/s1. The smallest absolute Gasteiger partial charge is 0.402 e. The van der Waals surface area contributed by atoms with Gasteiger partial charge in [0, 0.05) is 18.2 Å². The zero-order chi connectivity index (χ0) is 37.6. The number of rotatable bonds is 9. The number of phenolic OH excluding ortho intramolecular Hbond substituents is 4. The molecule has 0 saturated carbocycles. The van der Waals surface area contributed by atoms with Crippen LogP contribution in [0.4, 0.5) is 0 Å². The molecule has 0 bridgehead atoms. The molecule has 286 valence electrons. The molecule has 13 N–H and O–H groups in total. The molecule has 6 unspecified atom stereocenters. The van der Waals surface area contributed by atoms with Gasteiger partial charge in [-0.2, -0.15) is 0 Å². The highest BCUT2D eigenvalue weighted by Gasteiger charge is 2.52. The van der Waals surface area contributed by atoms with Gasteiger partial charge in [0.05, 0.1) is 31.5 Å². The van der Waals surface area contributed by atoms with E-state index < -0.39 is 123 Å². The minimum Gasteiger partial charge on any atom is -0.507 e. The summed E-state index contributed by atoms with van der Waals surface area (Å²) in [5.74, 6) is -2.37. The summed E-state index contributed by atoms with van der Waals surface area (Å²) in [5.41, 5.74) is 0.00635. The molecule has 3 aromatic rings. The lowest BCUT2D eigenvalue weighted by Crippen LogP contribution is -2.64. The average molecular weight is 744 g/mol. The number of phenols is 4. The first-order valence-corrected chi connectivity index (χ1v) is 15.9. The van der Waals surface area contributed by atoms with Crippen LogP contribution in [0.1, 0.15) is 0 Å². The number of aliphatic hydroxyl groups excluding tert-OH is 9. The first kappa shape index (κ1) is 38.0. The molecule has 3 fully saturated rings. The Kier molecular flexibility index (Phi) is 11.2. The van der Waals surface area contributed by atoms with E-state index in [0.29, 0.717) is 0 Å². The van der Waals surface area contributed by atoms with Crippen LogP contribution >= 0.6 is 0 Å². The number of benzene rings is 2. The second-order valence-electron chi connectivity index (χ2n) is 12.5. The van der Waals surface area contributed by atoms with Gasteiger partial charge in [-0.3, -0.25) is 0 Å². The van der Waals surface area contributed by atoms with E-state index in [1.165, 1.54) is 18.2 Å². The Morgan fingerprint density at radius 1 is 0.673 bits per heavy atom. The Balaban J connectivity index is 1.36. The van der Waals surface area contributed by atoms with Gasteiger partial charge >= 0.3 is 11.3 Å². The van der Waals surface area contributed by atoms with Crippen LogP contribution < -0.4 is 4.74 Å². The topological polar surface area (TPSA) is 330 Å². The maximum atomic E-state index is 11.4. The lowest BCUT2D eigenvalue weighted by atomic mass is 9.98. The van der Waals surface area contributed by atoms with Crippen LogP contribution in [0.3, 0.4) is 0 Å². The second-order valence-corrected chi connectivity index (χ2v) is 12.5. The van der Waals surface area contributed by atoms with Crippen molar-refractivity contribution in [1.82, 2.24) is 0 Å². The van der Waals surface area contributed by atoms with Crippen LogP contribution in [0.5, 0.6) is 28.7 Å². The Morgan fingerprint density at radius 2 is 1.37 bits per heavy atom. The van der Waals surface area contributed by atoms with Gasteiger partial charge in [0.2, 0.25) is 12.0 Å². The molecule has 0 amide bonds. The largest absolute Gasteiger partial charge is 0.507 e. The summed E-state index contributed by atoms with van der Waals surface area (Å²) in [6, 6.07) is 6.95. The van der Waals surface area contributed by atoms with E-state index in [0.717, 1.165) is 18.2 Å². The van der Waals surface area contributed by atoms with Gasteiger partial charge in [0.1, 0.15) is 77.9 Å². The number of hydrogen-bond donors (Lipinski definition) is 13. The average Bonchev–Trinajstić information content (AvgIpc) is 3.11. The van der Waals surface area contributed by atoms with Crippen molar-refractivity contribution in [1.29, 1.82) is 0 Å². The fourth-order valence-corrected chi connectivity index (χ4v) is 5.99. The summed E-state index contributed by atoms with van der Waals surface area (Å²) in [5, 5.41) is 134. The molecule has 3 saturated heterocycles. The van der Waals surface area contributed by atoms with Crippen LogP contribution in [-0.2, 0) is 23.7 Å². The van der Waals surface area contributed by atoms with Gasteiger partial charge in [0.15, 0.2) is 30.2 Å². The number of aliphatic hydroxyl groups is 9. The van der Waals surface area contributed by atoms with E-state index in [9.17, 15) is 66.4 Å². The molecule has 20 nitrogen and oxygen atoms in total. The third-order valence-corrected chi connectivity index (χ3v) is 8.96. The molecule has 0 spiro atoms. The molecule has 14 atom stereocenters. The van der Waals surface area contributed by atoms with Crippen molar-refractivity contribution in [2.24, 2.45) is 0 Å². The summed E-state index contributed by atoms with van der Waals surface area (Å²) in [4.78, 5) is 0. The highest BCUT2D eigenvalue weighted by Crippen LogP contribution is 2.42. The number of hydrogen-bond acceptors (Lipinski definition) is 19. The maximum Gasteiger partial charge on any atom is 0.402 e. The zero-order valence-corrected chi connectivity index (χ0v) is 26.8. The molecule has 6 rings (SSSR count). The van der Waals surface area contributed by atoms with Crippen molar-refractivity contribution in [3.63, 3.8) is 0 Å². The normalized spacial score (nSPS) is 36.9. The predicted molar refractivity (Wildman–Crippen MR) is 166 cm³/mol. The Labute approximate surface area is 292 Å². The van der Waals surface area contributed by atoms with Crippen molar-refractivity contribution in [3.05, 3.63) is 36.4 Å². The van der Waals surface area contributed by atoms with Gasteiger partial charge in [-0.1, -0.05) is 0 Å². The highest BCUT2D eigenvalue weighted by molar-refractivity contribution is 5.88. The van der Waals surface area contributed by atoms with Crippen molar-refractivity contribution in [2.75, 3.05) is 19.8 Å². The van der Waals surface area contributed by atoms with Crippen molar-refractivity contribution in [3.8, 4) is 40.1 Å². The van der Waals surface area contributed by atoms with Gasteiger partial charge in [0.25, 0.3) is 0 Å². The summed E-state index contributed by atoms with van der Waals surface area (Å²) in [6.45, 7) is -1.95. The molecule has 3 aliphatic heterocycles. The van der Waals surface area contributed by atoms with Crippen LogP contribution in [0.25, 0.3) is 22.3 Å². The summed E-state index contributed by atoms with van der Waals surface area (Å²) in [6.07, 6.45) is -24.1. The molecule has 1 aromatic heterocycles. The monoisotopic (exact) mass is 743 g/mol. The molecular weight excluding hydrogens is 704 g/mol. The van der Waals surface area contributed by atoms with E-state index in [1.807, 2.05) is 0 Å². The van der Waals surface area contributed by atoms with Crippen LogP contribution in [-0.4, -0.2) is 172 Å². The first-order valence-electron chi connectivity index (χ1n) is 15.9. The van der Waals surface area contributed by atoms with E-state index in [2.05, 4.69) is 0 Å². The molecule has 52 heavy (non-hydrogen) atoms. The van der Waals surface area contributed by atoms with Gasteiger partial charge in [-0.25, -0.2) is 4.42 Å². The van der Waals surface area contributed by atoms with Crippen molar-refractivity contribution < 1.29 is 99.2 Å². The van der Waals surface area contributed by atoms with Gasteiger partial charge in [-0.15, -0.1) is 0 Å². The molecule has 20 heteroatoms.